The van der Waals surface area contributed by atoms with Crippen molar-refractivity contribution in [3.8, 4) is 0 Å². The lowest BCUT2D eigenvalue weighted by molar-refractivity contribution is -0.184. The Morgan fingerprint density at radius 2 is 1.04 bits per heavy atom. The molecule has 9 atom stereocenters. The third-order valence-corrected chi connectivity index (χ3v) is 21.6. The van der Waals surface area contributed by atoms with E-state index < -0.39 is 163 Å². The van der Waals surface area contributed by atoms with Crippen LogP contribution in [-0.4, -0.2) is 240 Å². The number of alkyl halides is 4. The van der Waals surface area contributed by atoms with Gasteiger partial charge in [-0.2, -0.15) is 13.2 Å². The minimum atomic E-state index is -4.36. The van der Waals surface area contributed by atoms with Gasteiger partial charge in [-0.15, -0.1) is 11.6 Å². The standard InChI is InChI=1S/C70H116ClF3N12O12/c1-14-44(6)61-69(98)82(10)40-59(89)80(8)41-60(90)84(12)56(37-48-24-29-50(71)30-25-48)68(97)81(9)39-57(87)75-51(31-26-46-22-27-49(28-23-46)70(72,73)74)63(92)77-53(35-43(4)5)66(95)85(13)55(36-47-20-16-15-17-21-47)65(94)76-52(34-42(2)3)64(93)78-54(67(96)86-32-18-19-33-86)38-58(88)83(11)45(7)62(91)79-61/h42-56,61H,14-41H2,1-13H3,(H,75,87)(H,76,94)(H,77,92)(H,78,93)(H,79,91)/t44-,45-,46?,48?,49?,50?,51-,52-,53-,54-,55-,56-,61-/m0/s1. The summed E-state index contributed by atoms with van der Waals surface area (Å²) in [5.41, 5.74) is 0. The fourth-order valence-corrected chi connectivity index (χ4v) is 14.6. The fraction of sp³-hybridized carbons (Fsp3) is 0.829. The molecule has 3 saturated carbocycles. The van der Waals surface area contributed by atoms with Gasteiger partial charge in [-0.1, -0.05) is 80.1 Å². The van der Waals surface area contributed by atoms with Crippen molar-refractivity contribution in [3.63, 3.8) is 0 Å². The van der Waals surface area contributed by atoms with Gasteiger partial charge in [0.2, 0.25) is 70.9 Å². The summed E-state index contributed by atoms with van der Waals surface area (Å²) < 4.78 is 41.5. The van der Waals surface area contributed by atoms with E-state index in [1.54, 1.807) is 11.8 Å². The van der Waals surface area contributed by atoms with Crippen molar-refractivity contribution >= 4 is 82.5 Å². The first-order valence-electron chi connectivity index (χ1n) is 36.0. The lowest BCUT2D eigenvalue weighted by Gasteiger charge is -2.36. The van der Waals surface area contributed by atoms with Gasteiger partial charge < -0.3 is 60.9 Å². The maximum Gasteiger partial charge on any atom is 0.391 e. The number of halogens is 4. The van der Waals surface area contributed by atoms with E-state index in [2.05, 4.69) is 26.6 Å². The Labute approximate surface area is 584 Å². The number of nitrogens with one attached hydrogen (secondary N) is 5. The monoisotopic (exact) mass is 1410 g/mol. The molecule has 3 aliphatic carbocycles. The minimum absolute atomic E-state index is 0.0148. The maximum absolute atomic E-state index is 15.3. The van der Waals surface area contributed by atoms with E-state index in [4.69, 9.17) is 11.6 Å². The Morgan fingerprint density at radius 3 is 1.62 bits per heavy atom. The summed E-state index contributed by atoms with van der Waals surface area (Å²) in [6.45, 7) is 11.4. The van der Waals surface area contributed by atoms with Gasteiger partial charge in [0, 0.05) is 60.8 Å². The summed E-state index contributed by atoms with van der Waals surface area (Å²) in [5, 5.41) is 14.1. The first-order chi connectivity index (χ1) is 46.0. The van der Waals surface area contributed by atoms with E-state index >= 15 is 9.59 Å². The normalized spacial score (nSPS) is 29.7. The maximum atomic E-state index is 15.3. The average molecular weight is 1410 g/mol. The summed E-state index contributed by atoms with van der Waals surface area (Å²) in [7, 11) is 8.35. The third kappa shape index (κ3) is 24.5. The van der Waals surface area contributed by atoms with Crippen LogP contribution in [0.1, 0.15) is 196 Å². The van der Waals surface area contributed by atoms with Gasteiger partial charge in [-0.25, -0.2) is 0 Å². The molecule has 98 heavy (non-hydrogen) atoms. The van der Waals surface area contributed by atoms with Crippen LogP contribution in [-0.2, 0) is 57.5 Å². The first-order valence-corrected chi connectivity index (χ1v) is 36.5. The van der Waals surface area contributed by atoms with Crippen molar-refractivity contribution in [3.05, 3.63) is 0 Å². The molecule has 28 heteroatoms. The Bertz CT molecular complexity index is 2740. The molecule has 2 saturated heterocycles. The van der Waals surface area contributed by atoms with Crippen molar-refractivity contribution in [1.29, 1.82) is 0 Å². The Morgan fingerprint density at radius 1 is 0.510 bits per heavy atom. The van der Waals surface area contributed by atoms with Gasteiger partial charge in [-0.05, 0) is 145 Å². The number of carbonyl (C=O) groups excluding carboxylic acids is 12. The molecule has 0 unspecified atom stereocenters. The van der Waals surface area contributed by atoms with Crippen LogP contribution in [0.3, 0.4) is 0 Å². The summed E-state index contributed by atoms with van der Waals surface area (Å²) >= 11 is 6.50. The lowest BCUT2D eigenvalue weighted by Crippen LogP contribution is -2.60. The molecule has 0 aromatic rings. The van der Waals surface area contributed by atoms with E-state index in [-0.39, 0.29) is 99.2 Å². The van der Waals surface area contributed by atoms with Crippen LogP contribution in [0.25, 0.3) is 0 Å². The van der Waals surface area contributed by atoms with Crippen molar-refractivity contribution in [1.82, 2.24) is 60.9 Å². The largest absolute Gasteiger partial charge is 0.391 e. The van der Waals surface area contributed by atoms with Gasteiger partial charge >= 0.3 is 6.18 Å². The molecule has 5 aliphatic rings. The number of hydrogen-bond donors (Lipinski definition) is 5. The zero-order valence-corrected chi connectivity index (χ0v) is 61.3. The molecule has 5 rings (SSSR count). The van der Waals surface area contributed by atoms with Crippen LogP contribution in [0.2, 0.25) is 0 Å². The number of rotatable bonds is 14. The van der Waals surface area contributed by atoms with E-state index in [9.17, 15) is 61.1 Å². The van der Waals surface area contributed by atoms with Crippen molar-refractivity contribution in [2.45, 2.75) is 256 Å². The summed E-state index contributed by atoms with van der Waals surface area (Å²) in [4.78, 5) is 184. The molecular formula is C70H116ClF3N12O12. The second kappa shape index (κ2) is 38.5. The zero-order chi connectivity index (χ0) is 73.0. The molecule has 0 aromatic heterocycles. The van der Waals surface area contributed by atoms with Crippen molar-refractivity contribution < 1.29 is 70.7 Å². The predicted molar refractivity (Wildman–Crippen MR) is 365 cm³/mol. The van der Waals surface area contributed by atoms with E-state index in [1.165, 1.54) is 59.0 Å². The highest BCUT2D eigenvalue weighted by Gasteiger charge is 2.44. The Kier molecular flexibility index (Phi) is 32.4. The highest BCUT2D eigenvalue weighted by atomic mass is 35.5. The van der Waals surface area contributed by atoms with Crippen LogP contribution in [0.4, 0.5) is 13.2 Å². The van der Waals surface area contributed by atoms with Gasteiger partial charge in [0.05, 0.1) is 32.0 Å². The van der Waals surface area contributed by atoms with Crippen LogP contribution in [0, 0.1) is 41.4 Å². The molecule has 0 bridgehead atoms. The van der Waals surface area contributed by atoms with Crippen molar-refractivity contribution in [2.75, 3.05) is 75.0 Å². The highest BCUT2D eigenvalue weighted by molar-refractivity contribution is 6.20. The predicted octanol–water partition coefficient (Wildman–Crippen LogP) is 5.76. The third-order valence-electron chi connectivity index (χ3n) is 21.2. The zero-order valence-electron chi connectivity index (χ0n) is 60.6. The molecule has 12 amide bonds. The highest BCUT2D eigenvalue weighted by Crippen LogP contribution is 2.41. The topological polar surface area (TPSA) is 288 Å². The second-order valence-electron chi connectivity index (χ2n) is 29.9. The molecule has 0 spiro atoms. The number of likely N-dealkylation sites (tertiary alicyclic amines) is 1. The molecule has 2 heterocycles. The van der Waals surface area contributed by atoms with Crippen molar-refractivity contribution in [2.24, 2.45) is 41.4 Å². The van der Waals surface area contributed by atoms with E-state index in [1.807, 2.05) is 34.6 Å². The number of nitrogens with zero attached hydrogens (tertiary/aromatic N) is 7. The molecule has 0 radical (unpaired) electrons. The molecule has 0 aromatic carbocycles. The lowest BCUT2D eigenvalue weighted by atomic mass is 9.79. The summed E-state index contributed by atoms with van der Waals surface area (Å²) in [6.07, 6.45) is 4.61. The number of carbonyl (C=O) groups is 12. The smallest absolute Gasteiger partial charge is 0.343 e. The number of likely N-dealkylation sites (N-methyl/N-ethyl adjacent to an activating group) is 6. The van der Waals surface area contributed by atoms with Gasteiger partial charge in [0.1, 0.15) is 48.3 Å². The SMILES string of the molecule is CC[C@H](C)[C@@H]1NC(=O)[C@H](C)N(C)C(=O)C[C@@H](C(=O)N2CCCC2)NC(=O)[C@H](CC(C)C)NC(=O)[C@H](CC2CCCCC2)N(C)C(=O)[C@H](CC(C)C)NC(=O)[C@H](CCC2CCC(C(F)(F)F)CC2)NC(=O)CN(C)C(=O)[C@H](CC2CCC(Cl)CC2)N(C)C(=O)CN(C)C(=O)CN(C)C1=O. The quantitative estimate of drug-likeness (QED) is 0.130. The average Bonchev–Trinajstić information content (AvgIpc) is 0.898. The second-order valence-corrected chi connectivity index (χ2v) is 30.5. The van der Waals surface area contributed by atoms with Crippen LogP contribution < -0.4 is 26.6 Å². The van der Waals surface area contributed by atoms with E-state index in [0.29, 0.717) is 58.0 Å². The number of amides is 12. The first kappa shape index (κ1) is 82.4. The van der Waals surface area contributed by atoms with Gasteiger partial charge in [0.15, 0.2) is 0 Å². The van der Waals surface area contributed by atoms with Gasteiger partial charge in [0.25, 0.3) is 0 Å². The fourth-order valence-electron chi connectivity index (χ4n) is 14.4. The Hall–Kier alpha value is -6.28. The summed E-state index contributed by atoms with van der Waals surface area (Å²) in [5.74, 6) is -11.0. The van der Waals surface area contributed by atoms with Crippen LogP contribution in [0.5, 0.6) is 0 Å². The molecule has 5 N–H and O–H groups in total. The summed E-state index contributed by atoms with van der Waals surface area (Å²) in [6, 6.07) is -10.2. The van der Waals surface area contributed by atoms with Gasteiger partial charge in [-0.3, -0.25) is 57.5 Å². The Balaban J connectivity index is 1.58. The number of hydrogen-bond acceptors (Lipinski definition) is 12. The molecular weight excluding hydrogens is 1290 g/mol. The molecule has 2 aliphatic heterocycles. The van der Waals surface area contributed by atoms with E-state index in [0.717, 1.165) is 51.7 Å². The molecule has 556 valence electrons. The molecule has 24 nitrogen and oxygen atoms in total. The van der Waals surface area contributed by atoms with Crippen LogP contribution in [0.15, 0.2) is 0 Å². The minimum Gasteiger partial charge on any atom is -0.343 e. The molecule has 5 fully saturated rings. The van der Waals surface area contributed by atoms with Crippen LogP contribution >= 0.6 is 11.6 Å².